The second-order valence-corrected chi connectivity index (χ2v) is 3.84. The molecule has 0 aliphatic carbocycles. The van der Waals surface area contributed by atoms with E-state index in [4.69, 9.17) is 4.74 Å². The Hall–Kier alpha value is -1.77. The summed E-state index contributed by atoms with van der Waals surface area (Å²) in [6, 6.07) is 7.79. The molecular weight excluding hydrogens is 214 g/mol. The van der Waals surface area contributed by atoms with Gasteiger partial charge in [-0.1, -0.05) is 23.8 Å². The van der Waals surface area contributed by atoms with Crippen molar-refractivity contribution >= 4 is 5.91 Å². The van der Waals surface area contributed by atoms with Crippen molar-refractivity contribution in [3.63, 3.8) is 0 Å². The molecule has 3 heteroatoms. The first kappa shape index (κ1) is 13.3. The van der Waals surface area contributed by atoms with Gasteiger partial charge in [0.05, 0.1) is 13.0 Å². The minimum atomic E-state index is 0.0129. The zero-order valence-corrected chi connectivity index (χ0v) is 10.2. The number of hydrogen-bond donors (Lipinski definition) is 1. The van der Waals surface area contributed by atoms with E-state index in [1.54, 1.807) is 6.08 Å². The molecule has 92 valence electrons. The third-order valence-electron chi connectivity index (χ3n) is 2.29. The molecule has 0 atom stereocenters. The lowest BCUT2D eigenvalue weighted by molar-refractivity contribution is -0.121. The zero-order chi connectivity index (χ0) is 12.5. The molecule has 0 heterocycles. The maximum atomic E-state index is 11.3. The van der Waals surface area contributed by atoms with Gasteiger partial charge in [0.15, 0.2) is 0 Å². The molecule has 0 saturated heterocycles. The van der Waals surface area contributed by atoms with Crippen molar-refractivity contribution in [1.29, 1.82) is 0 Å². The first-order chi connectivity index (χ1) is 8.22. The summed E-state index contributed by atoms with van der Waals surface area (Å²) in [5.41, 5.74) is 1.19. The fourth-order valence-corrected chi connectivity index (χ4v) is 1.30. The van der Waals surface area contributed by atoms with E-state index in [0.717, 1.165) is 12.2 Å². The van der Waals surface area contributed by atoms with Crippen molar-refractivity contribution in [2.75, 3.05) is 13.2 Å². The Kier molecular flexibility index (Phi) is 5.86. The summed E-state index contributed by atoms with van der Waals surface area (Å²) in [4.78, 5) is 11.3. The lowest BCUT2D eigenvalue weighted by atomic mass is 10.2. The second kappa shape index (κ2) is 7.49. The quantitative estimate of drug-likeness (QED) is 0.580. The minimum absolute atomic E-state index is 0.0129. The standard InChI is InChI=1S/C14H19NO2/c1-3-4-10-15-14(16)9-11-17-13-7-5-12(2)6-8-13/h3,5-8H,1,4,9-11H2,2H3,(H,15,16). The molecule has 1 aromatic rings. The summed E-state index contributed by atoms with van der Waals surface area (Å²) in [5, 5.41) is 2.79. The third-order valence-corrected chi connectivity index (χ3v) is 2.29. The van der Waals surface area contributed by atoms with Gasteiger partial charge in [-0.05, 0) is 25.5 Å². The largest absolute Gasteiger partial charge is 0.493 e. The van der Waals surface area contributed by atoms with Crippen LogP contribution in [0.15, 0.2) is 36.9 Å². The van der Waals surface area contributed by atoms with Gasteiger partial charge in [-0.15, -0.1) is 6.58 Å². The van der Waals surface area contributed by atoms with Crippen molar-refractivity contribution in [2.24, 2.45) is 0 Å². The van der Waals surface area contributed by atoms with Gasteiger partial charge >= 0.3 is 0 Å². The summed E-state index contributed by atoms with van der Waals surface area (Å²) >= 11 is 0. The van der Waals surface area contributed by atoms with Crippen molar-refractivity contribution in [2.45, 2.75) is 19.8 Å². The van der Waals surface area contributed by atoms with E-state index in [1.807, 2.05) is 31.2 Å². The van der Waals surface area contributed by atoms with Crippen molar-refractivity contribution < 1.29 is 9.53 Å². The normalized spacial score (nSPS) is 9.71. The monoisotopic (exact) mass is 233 g/mol. The highest BCUT2D eigenvalue weighted by molar-refractivity contribution is 5.75. The van der Waals surface area contributed by atoms with Gasteiger partial charge in [0.25, 0.3) is 0 Å². The van der Waals surface area contributed by atoms with E-state index in [2.05, 4.69) is 11.9 Å². The Labute approximate surface area is 102 Å². The van der Waals surface area contributed by atoms with Gasteiger partial charge in [-0.25, -0.2) is 0 Å². The molecule has 1 N–H and O–H groups in total. The van der Waals surface area contributed by atoms with Crippen LogP contribution in [0.2, 0.25) is 0 Å². The number of carbonyl (C=O) groups excluding carboxylic acids is 1. The van der Waals surface area contributed by atoms with Gasteiger partial charge in [0.1, 0.15) is 5.75 Å². The van der Waals surface area contributed by atoms with E-state index < -0.39 is 0 Å². The molecule has 0 spiro atoms. The number of nitrogens with one attached hydrogen (secondary N) is 1. The summed E-state index contributed by atoms with van der Waals surface area (Å²) < 4.78 is 5.46. The first-order valence-corrected chi connectivity index (χ1v) is 5.79. The summed E-state index contributed by atoms with van der Waals surface area (Å²) in [7, 11) is 0. The smallest absolute Gasteiger partial charge is 0.223 e. The average Bonchev–Trinajstić information content (AvgIpc) is 2.32. The fourth-order valence-electron chi connectivity index (χ4n) is 1.30. The molecule has 0 radical (unpaired) electrons. The number of rotatable bonds is 7. The fraction of sp³-hybridized carbons (Fsp3) is 0.357. The van der Waals surface area contributed by atoms with E-state index in [9.17, 15) is 4.79 Å². The van der Waals surface area contributed by atoms with Crippen molar-refractivity contribution in [3.8, 4) is 5.75 Å². The summed E-state index contributed by atoms with van der Waals surface area (Å²) in [5.74, 6) is 0.813. The molecule has 0 bridgehead atoms. The van der Waals surface area contributed by atoms with Crippen molar-refractivity contribution in [3.05, 3.63) is 42.5 Å². The Morgan fingerprint density at radius 1 is 1.41 bits per heavy atom. The van der Waals surface area contributed by atoms with Crippen LogP contribution >= 0.6 is 0 Å². The van der Waals surface area contributed by atoms with E-state index in [0.29, 0.717) is 19.6 Å². The molecule has 0 saturated carbocycles. The minimum Gasteiger partial charge on any atom is -0.493 e. The van der Waals surface area contributed by atoms with Crippen LogP contribution in [0.4, 0.5) is 0 Å². The highest BCUT2D eigenvalue weighted by Crippen LogP contribution is 2.11. The molecule has 1 amide bonds. The molecule has 0 aliphatic heterocycles. The predicted octanol–water partition coefficient (Wildman–Crippen LogP) is 2.46. The number of ether oxygens (including phenoxy) is 1. The number of amides is 1. The van der Waals surface area contributed by atoms with Crippen LogP contribution in [0.25, 0.3) is 0 Å². The van der Waals surface area contributed by atoms with Gasteiger partial charge < -0.3 is 10.1 Å². The number of carbonyl (C=O) groups is 1. The maximum absolute atomic E-state index is 11.3. The number of hydrogen-bond acceptors (Lipinski definition) is 2. The SMILES string of the molecule is C=CCCNC(=O)CCOc1ccc(C)cc1. The molecule has 3 nitrogen and oxygen atoms in total. The number of benzene rings is 1. The zero-order valence-electron chi connectivity index (χ0n) is 10.2. The summed E-state index contributed by atoms with van der Waals surface area (Å²) in [6.45, 7) is 6.67. The molecule has 0 fully saturated rings. The first-order valence-electron chi connectivity index (χ1n) is 5.79. The van der Waals surface area contributed by atoms with Crippen LogP contribution in [-0.2, 0) is 4.79 Å². The van der Waals surface area contributed by atoms with E-state index in [-0.39, 0.29) is 5.91 Å². The Morgan fingerprint density at radius 3 is 2.76 bits per heavy atom. The lowest BCUT2D eigenvalue weighted by Crippen LogP contribution is -2.25. The van der Waals surface area contributed by atoms with E-state index >= 15 is 0 Å². The van der Waals surface area contributed by atoms with Crippen LogP contribution < -0.4 is 10.1 Å². The van der Waals surface area contributed by atoms with Gasteiger partial charge in [0, 0.05) is 6.54 Å². The Balaban J connectivity index is 2.16. The lowest BCUT2D eigenvalue weighted by Gasteiger charge is -2.06. The molecular formula is C14H19NO2. The van der Waals surface area contributed by atoms with Crippen LogP contribution in [0.3, 0.4) is 0 Å². The van der Waals surface area contributed by atoms with Crippen molar-refractivity contribution in [1.82, 2.24) is 5.32 Å². The average molecular weight is 233 g/mol. The van der Waals surface area contributed by atoms with Crippen LogP contribution in [0.1, 0.15) is 18.4 Å². The highest BCUT2D eigenvalue weighted by Gasteiger charge is 2.00. The van der Waals surface area contributed by atoms with Crippen LogP contribution in [-0.4, -0.2) is 19.1 Å². The predicted molar refractivity (Wildman–Crippen MR) is 69.1 cm³/mol. The number of aryl methyl sites for hydroxylation is 1. The molecule has 1 rings (SSSR count). The maximum Gasteiger partial charge on any atom is 0.223 e. The summed E-state index contributed by atoms with van der Waals surface area (Å²) in [6.07, 6.45) is 2.96. The third kappa shape index (κ3) is 5.76. The van der Waals surface area contributed by atoms with Gasteiger partial charge in [0.2, 0.25) is 5.91 Å². The Bertz CT molecular complexity index is 357. The van der Waals surface area contributed by atoms with E-state index in [1.165, 1.54) is 5.56 Å². The highest BCUT2D eigenvalue weighted by atomic mass is 16.5. The molecule has 0 unspecified atom stereocenters. The van der Waals surface area contributed by atoms with Crippen LogP contribution in [0.5, 0.6) is 5.75 Å². The molecule has 0 aliphatic rings. The molecule has 17 heavy (non-hydrogen) atoms. The van der Waals surface area contributed by atoms with Gasteiger partial charge in [-0.3, -0.25) is 4.79 Å². The molecule has 1 aromatic carbocycles. The second-order valence-electron chi connectivity index (χ2n) is 3.84. The van der Waals surface area contributed by atoms with Crippen LogP contribution in [0, 0.1) is 6.92 Å². The topological polar surface area (TPSA) is 38.3 Å². The molecule has 0 aromatic heterocycles. The van der Waals surface area contributed by atoms with Gasteiger partial charge in [-0.2, -0.15) is 0 Å². The Morgan fingerprint density at radius 2 is 2.12 bits per heavy atom.